The molecule has 6 nitrogen and oxygen atoms in total. The molecule has 8 heteroatoms. The number of rotatable bonds is 8. The van der Waals surface area contributed by atoms with Crippen molar-refractivity contribution in [3.05, 3.63) is 107 Å². The van der Waals surface area contributed by atoms with Crippen molar-refractivity contribution < 1.29 is 13.2 Å². The summed E-state index contributed by atoms with van der Waals surface area (Å²) < 4.78 is 27.5. The normalized spacial score (nSPS) is 10.8. The Hall–Kier alpha value is -3.60. The van der Waals surface area contributed by atoms with Crippen LogP contribution in [0.3, 0.4) is 0 Å². The van der Waals surface area contributed by atoms with Crippen molar-refractivity contribution in [2.75, 3.05) is 17.9 Å². The molecule has 0 saturated heterocycles. The van der Waals surface area contributed by atoms with Crippen molar-refractivity contribution in [3.8, 4) is 6.07 Å². The summed E-state index contributed by atoms with van der Waals surface area (Å²) in [5.41, 5.74) is 2.02. The maximum Gasteiger partial charge on any atom is 0.264 e. The highest BCUT2D eigenvalue weighted by Gasteiger charge is 2.24. The summed E-state index contributed by atoms with van der Waals surface area (Å²) in [7, 11) is -2.48. The predicted octanol–water partition coefficient (Wildman–Crippen LogP) is 4.87. The SMILES string of the molecule is C=CCN(Cc1ccc(C#N)cc1)C(=O)c1cccc(S(=O)(=O)N(C)c2cccc(Cl)c2)c1. The number of nitriles is 1. The zero-order valence-corrected chi connectivity index (χ0v) is 19.6. The molecular weight excluding hydrogens is 458 g/mol. The molecule has 0 aliphatic rings. The third kappa shape index (κ3) is 5.61. The predicted molar refractivity (Wildman–Crippen MR) is 130 cm³/mol. The fraction of sp³-hybridized carbons (Fsp3) is 0.120. The van der Waals surface area contributed by atoms with E-state index in [0.717, 1.165) is 9.87 Å². The first-order chi connectivity index (χ1) is 15.8. The summed E-state index contributed by atoms with van der Waals surface area (Å²) in [6, 6.07) is 21.5. The summed E-state index contributed by atoms with van der Waals surface area (Å²) in [5.74, 6) is -0.332. The van der Waals surface area contributed by atoms with Crippen LogP contribution in [0.5, 0.6) is 0 Å². The van der Waals surface area contributed by atoms with Crippen molar-refractivity contribution in [2.45, 2.75) is 11.4 Å². The van der Waals surface area contributed by atoms with E-state index in [1.165, 1.54) is 19.2 Å². The number of amides is 1. The summed E-state index contributed by atoms with van der Waals surface area (Å²) >= 11 is 6.00. The molecule has 0 bridgehead atoms. The number of carbonyl (C=O) groups is 1. The van der Waals surface area contributed by atoms with E-state index >= 15 is 0 Å². The standard InChI is InChI=1S/C25H22ClN3O3S/c1-3-14-29(18-20-12-10-19(17-27)11-13-20)25(30)21-6-4-9-24(15-21)33(31,32)28(2)23-8-5-7-22(26)16-23/h3-13,15-16H,1,14,18H2,2H3. The van der Waals surface area contributed by atoms with Gasteiger partial charge in [-0.2, -0.15) is 5.26 Å². The number of benzene rings is 3. The van der Waals surface area contributed by atoms with Crippen LogP contribution in [0.4, 0.5) is 5.69 Å². The smallest absolute Gasteiger partial charge is 0.264 e. The lowest BCUT2D eigenvalue weighted by Crippen LogP contribution is -2.31. The fourth-order valence-electron chi connectivity index (χ4n) is 3.22. The van der Waals surface area contributed by atoms with Crippen LogP contribution in [0.1, 0.15) is 21.5 Å². The molecule has 0 aliphatic carbocycles. The Labute approximate surface area is 199 Å². The Morgan fingerprint density at radius 2 is 1.79 bits per heavy atom. The highest BCUT2D eigenvalue weighted by atomic mass is 35.5. The number of carbonyl (C=O) groups excluding carboxylic acids is 1. The van der Waals surface area contributed by atoms with E-state index in [4.69, 9.17) is 16.9 Å². The molecular formula is C25H22ClN3O3S. The van der Waals surface area contributed by atoms with Crippen molar-refractivity contribution in [2.24, 2.45) is 0 Å². The first-order valence-corrected chi connectivity index (χ1v) is 11.8. The van der Waals surface area contributed by atoms with Gasteiger partial charge in [-0.3, -0.25) is 9.10 Å². The Kier molecular flexibility index (Phi) is 7.54. The summed E-state index contributed by atoms with van der Waals surface area (Å²) in [5, 5.41) is 9.38. The number of anilines is 1. The average molecular weight is 480 g/mol. The van der Waals surface area contributed by atoms with E-state index in [2.05, 4.69) is 12.6 Å². The Morgan fingerprint density at radius 3 is 2.42 bits per heavy atom. The second-order valence-corrected chi connectivity index (χ2v) is 9.67. The topological polar surface area (TPSA) is 81.5 Å². The average Bonchev–Trinajstić information content (AvgIpc) is 2.83. The van der Waals surface area contributed by atoms with Crippen molar-refractivity contribution >= 4 is 33.2 Å². The maximum absolute atomic E-state index is 13.2. The molecule has 0 radical (unpaired) electrons. The molecule has 0 unspecified atom stereocenters. The Bertz CT molecular complexity index is 1320. The minimum atomic E-state index is -3.92. The molecule has 33 heavy (non-hydrogen) atoms. The van der Waals surface area contributed by atoms with E-state index in [9.17, 15) is 13.2 Å². The van der Waals surface area contributed by atoms with Gasteiger partial charge in [-0.1, -0.05) is 41.9 Å². The van der Waals surface area contributed by atoms with Crippen LogP contribution in [0, 0.1) is 11.3 Å². The van der Waals surface area contributed by atoms with Gasteiger partial charge in [0.25, 0.3) is 15.9 Å². The molecule has 3 rings (SSSR count). The Morgan fingerprint density at radius 1 is 1.09 bits per heavy atom. The monoisotopic (exact) mass is 479 g/mol. The van der Waals surface area contributed by atoms with Crippen LogP contribution in [0.15, 0.2) is 90.3 Å². The van der Waals surface area contributed by atoms with Gasteiger partial charge in [-0.05, 0) is 54.1 Å². The van der Waals surface area contributed by atoms with Gasteiger partial charge in [0.2, 0.25) is 0 Å². The molecule has 1 amide bonds. The van der Waals surface area contributed by atoms with Crippen molar-refractivity contribution in [1.82, 2.24) is 4.90 Å². The third-order valence-electron chi connectivity index (χ3n) is 5.00. The van der Waals surface area contributed by atoms with Crippen LogP contribution in [0.2, 0.25) is 5.02 Å². The molecule has 0 heterocycles. The quantitative estimate of drug-likeness (QED) is 0.432. The van der Waals surface area contributed by atoms with E-state index in [1.807, 2.05) is 0 Å². The zero-order valence-electron chi connectivity index (χ0n) is 18.0. The molecule has 0 aromatic heterocycles. The van der Waals surface area contributed by atoms with Crippen LogP contribution in [-0.2, 0) is 16.6 Å². The fourth-order valence-corrected chi connectivity index (χ4v) is 4.64. The minimum Gasteiger partial charge on any atom is -0.331 e. The summed E-state index contributed by atoms with van der Waals surface area (Å²) in [6.07, 6.45) is 1.61. The molecule has 3 aromatic carbocycles. The molecule has 0 spiro atoms. The summed E-state index contributed by atoms with van der Waals surface area (Å²) in [6.45, 7) is 4.28. The van der Waals surface area contributed by atoms with Gasteiger partial charge in [-0.25, -0.2) is 8.42 Å². The largest absolute Gasteiger partial charge is 0.331 e. The lowest BCUT2D eigenvalue weighted by atomic mass is 10.1. The van der Waals surface area contributed by atoms with Crippen LogP contribution < -0.4 is 4.31 Å². The van der Waals surface area contributed by atoms with Gasteiger partial charge in [0.05, 0.1) is 22.2 Å². The Balaban J connectivity index is 1.88. The first-order valence-electron chi connectivity index (χ1n) is 10.00. The van der Waals surface area contributed by atoms with E-state index in [0.29, 0.717) is 16.3 Å². The number of hydrogen-bond acceptors (Lipinski definition) is 4. The van der Waals surface area contributed by atoms with Gasteiger partial charge in [0.15, 0.2) is 0 Å². The van der Waals surface area contributed by atoms with E-state index in [1.54, 1.807) is 71.6 Å². The molecule has 0 fully saturated rings. The van der Waals surface area contributed by atoms with Crippen LogP contribution in [-0.4, -0.2) is 32.8 Å². The minimum absolute atomic E-state index is 0.00671. The van der Waals surface area contributed by atoms with Crippen LogP contribution >= 0.6 is 11.6 Å². The molecule has 0 aliphatic heterocycles. The second-order valence-electron chi connectivity index (χ2n) is 7.26. The molecule has 168 valence electrons. The number of nitrogens with zero attached hydrogens (tertiary/aromatic N) is 3. The second kappa shape index (κ2) is 10.3. The lowest BCUT2D eigenvalue weighted by molar-refractivity contribution is 0.0762. The van der Waals surface area contributed by atoms with Gasteiger partial charge < -0.3 is 4.90 Å². The van der Waals surface area contributed by atoms with E-state index in [-0.39, 0.29) is 29.5 Å². The first kappa shape index (κ1) is 24.1. The number of sulfonamides is 1. The lowest BCUT2D eigenvalue weighted by Gasteiger charge is -2.23. The van der Waals surface area contributed by atoms with Crippen molar-refractivity contribution in [3.63, 3.8) is 0 Å². The summed E-state index contributed by atoms with van der Waals surface area (Å²) in [4.78, 5) is 14.8. The zero-order chi connectivity index (χ0) is 24.0. The van der Waals surface area contributed by atoms with Gasteiger partial charge in [0, 0.05) is 30.7 Å². The van der Waals surface area contributed by atoms with Crippen molar-refractivity contribution in [1.29, 1.82) is 5.26 Å². The molecule has 0 N–H and O–H groups in total. The van der Waals surface area contributed by atoms with Crippen LogP contribution in [0.25, 0.3) is 0 Å². The third-order valence-corrected chi connectivity index (χ3v) is 7.02. The highest BCUT2D eigenvalue weighted by Crippen LogP contribution is 2.25. The van der Waals surface area contributed by atoms with Gasteiger partial charge >= 0.3 is 0 Å². The molecule has 3 aromatic rings. The number of hydrogen-bond donors (Lipinski definition) is 0. The van der Waals surface area contributed by atoms with Gasteiger partial charge in [0.1, 0.15) is 0 Å². The molecule has 0 saturated carbocycles. The maximum atomic E-state index is 13.2. The number of halogens is 1. The highest BCUT2D eigenvalue weighted by molar-refractivity contribution is 7.92. The van der Waals surface area contributed by atoms with Gasteiger partial charge in [-0.15, -0.1) is 6.58 Å². The van der Waals surface area contributed by atoms with E-state index < -0.39 is 10.0 Å². The molecule has 0 atom stereocenters.